The number of aromatic nitrogens is 4. The van der Waals surface area contributed by atoms with Crippen molar-refractivity contribution in [2.45, 2.75) is 6.42 Å². The lowest BCUT2D eigenvalue weighted by atomic mass is 10.1. The Morgan fingerprint density at radius 3 is 2.38 bits per heavy atom. The van der Waals surface area contributed by atoms with Crippen molar-refractivity contribution in [3.05, 3.63) is 41.9 Å². The van der Waals surface area contributed by atoms with Crippen LogP contribution in [0.15, 0.2) is 35.0 Å². The first-order valence-electron chi connectivity index (χ1n) is 7.14. The van der Waals surface area contributed by atoms with Crippen LogP contribution in [0.1, 0.15) is 11.5 Å². The van der Waals surface area contributed by atoms with E-state index in [1.165, 1.54) is 0 Å². The minimum atomic E-state index is 0.394. The molecule has 24 heavy (non-hydrogen) atoms. The van der Waals surface area contributed by atoms with Gasteiger partial charge < -0.3 is 18.7 Å². The van der Waals surface area contributed by atoms with E-state index in [0.29, 0.717) is 41.1 Å². The molecule has 0 aliphatic heterocycles. The molecule has 2 heterocycles. The van der Waals surface area contributed by atoms with E-state index in [9.17, 15) is 0 Å². The van der Waals surface area contributed by atoms with Crippen LogP contribution in [0.4, 0.5) is 0 Å². The number of nitrogens with zero attached hydrogens (tertiary/aromatic N) is 4. The standard InChI is InChI=1S/C16H16N4O4/c1-21-12-7-10(8-13(22-2)15(12)23-3)9-14-18-16(20-24-14)11-5-4-6-17-19-11/h4-8H,9H2,1-3H3. The highest BCUT2D eigenvalue weighted by Gasteiger charge is 2.16. The molecule has 0 N–H and O–H groups in total. The molecule has 0 spiro atoms. The molecule has 0 bridgehead atoms. The van der Waals surface area contributed by atoms with E-state index in [1.807, 2.05) is 12.1 Å². The lowest BCUT2D eigenvalue weighted by Gasteiger charge is -2.13. The van der Waals surface area contributed by atoms with Gasteiger partial charge in [0.2, 0.25) is 17.5 Å². The third-order valence-corrected chi connectivity index (χ3v) is 3.35. The predicted octanol–water partition coefficient (Wildman–Crippen LogP) is 2.14. The van der Waals surface area contributed by atoms with E-state index in [1.54, 1.807) is 39.7 Å². The van der Waals surface area contributed by atoms with Crippen LogP contribution in [-0.2, 0) is 6.42 Å². The fourth-order valence-electron chi connectivity index (χ4n) is 2.26. The molecule has 0 saturated heterocycles. The van der Waals surface area contributed by atoms with Crippen LogP contribution in [0, 0.1) is 0 Å². The van der Waals surface area contributed by atoms with Gasteiger partial charge in [0.1, 0.15) is 5.69 Å². The second kappa shape index (κ2) is 6.95. The zero-order valence-corrected chi connectivity index (χ0v) is 13.5. The highest BCUT2D eigenvalue weighted by Crippen LogP contribution is 2.38. The molecular formula is C16H16N4O4. The second-order valence-corrected chi connectivity index (χ2v) is 4.83. The van der Waals surface area contributed by atoms with Crippen LogP contribution in [0.2, 0.25) is 0 Å². The van der Waals surface area contributed by atoms with Gasteiger partial charge in [-0.3, -0.25) is 0 Å². The molecule has 3 rings (SSSR count). The average molecular weight is 328 g/mol. The minimum absolute atomic E-state index is 0.394. The maximum absolute atomic E-state index is 5.34. The number of rotatable bonds is 6. The van der Waals surface area contributed by atoms with Crippen LogP contribution in [0.5, 0.6) is 17.2 Å². The number of hydrogen-bond acceptors (Lipinski definition) is 8. The highest BCUT2D eigenvalue weighted by molar-refractivity contribution is 5.54. The molecule has 0 aliphatic rings. The summed E-state index contributed by atoms with van der Waals surface area (Å²) in [4.78, 5) is 4.34. The smallest absolute Gasteiger partial charge is 0.231 e. The third-order valence-electron chi connectivity index (χ3n) is 3.35. The zero-order chi connectivity index (χ0) is 16.9. The van der Waals surface area contributed by atoms with Crippen molar-refractivity contribution in [3.63, 3.8) is 0 Å². The van der Waals surface area contributed by atoms with E-state index in [4.69, 9.17) is 18.7 Å². The molecule has 0 amide bonds. The molecule has 0 fully saturated rings. The molecule has 8 nitrogen and oxygen atoms in total. The summed E-state index contributed by atoms with van der Waals surface area (Å²) in [6, 6.07) is 7.21. The molecule has 0 saturated carbocycles. The molecule has 0 radical (unpaired) electrons. The molecule has 1 aromatic carbocycles. The van der Waals surface area contributed by atoms with Crippen LogP contribution < -0.4 is 14.2 Å². The fourth-order valence-corrected chi connectivity index (χ4v) is 2.26. The van der Waals surface area contributed by atoms with Crippen molar-refractivity contribution in [1.29, 1.82) is 0 Å². The first-order valence-corrected chi connectivity index (χ1v) is 7.14. The van der Waals surface area contributed by atoms with Crippen LogP contribution >= 0.6 is 0 Å². The molecule has 124 valence electrons. The van der Waals surface area contributed by atoms with Gasteiger partial charge >= 0.3 is 0 Å². The van der Waals surface area contributed by atoms with Crippen molar-refractivity contribution in [3.8, 4) is 28.8 Å². The fraction of sp³-hybridized carbons (Fsp3) is 0.250. The summed E-state index contributed by atoms with van der Waals surface area (Å²) in [5.41, 5.74) is 1.44. The first kappa shape index (κ1) is 15.7. The zero-order valence-electron chi connectivity index (χ0n) is 13.5. The van der Waals surface area contributed by atoms with Gasteiger partial charge in [-0.25, -0.2) is 0 Å². The SMILES string of the molecule is COc1cc(Cc2nc(-c3cccnn3)no2)cc(OC)c1OC. The Balaban J connectivity index is 1.88. The Kier molecular flexibility index (Phi) is 4.55. The van der Waals surface area contributed by atoms with Crippen molar-refractivity contribution in [2.24, 2.45) is 0 Å². The first-order chi connectivity index (χ1) is 11.7. The van der Waals surface area contributed by atoms with Gasteiger partial charge in [-0.2, -0.15) is 10.1 Å². The Morgan fingerprint density at radius 1 is 1.04 bits per heavy atom. The topological polar surface area (TPSA) is 92.4 Å². The molecule has 8 heteroatoms. The normalized spacial score (nSPS) is 10.5. The van der Waals surface area contributed by atoms with Crippen molar-refractivity contribution >= 4 is 0 Å². The van der Waals surface area contributed by atoms with Crippen molar-refractivity contribution in [1.82, 2.24) is 20.3 Å². The van der Waals surface area contributed by atoms with Crippen molar-refractivity contribution in [2.75, 3.05) is 21.3 Å². The second-order valence-electron chi connectivity index (χ2n) is 4.83. The average Bonchev–Trinajstić information content (AvgIpc) is 3.10. The Bertz CT molecular complexity index is 795. The molecule has 0 unspecified atom stereocenters. The van der Waals surface area contributed by atoms with Gasteiger partial charge in [-0.15, -0.1) is 5.10 Å². The Labute approximate surface area is 138 Å². The van der Waals surface area contributed by atoms with Crippen LogP contribution in [0.25, 0.3) is 11.5 Å². The number of methoxy groups -OCH3 is 3. The van der Waals surface area contributed by atoms with E-state index in [0.717, 1.165) is 5.56 Å². The maximum atomic E-state index is 5.34. The summed E-state index contributed by atoms with van der Waals surface area (Å²) in [6.07, 6.45) is 2.00. The number of ether oxygens (including phenoxy) is 3. The van der Waals surface area contributed by atoms with Gasteiger partial charge in [-0.1, -0.05) is 5.16 Å². The van der Waals surface area contributed by atoms with Gasteiger partial charge in [0.15, 0.2) is 11.5 Å². The van der Waals surface area contributed by atoms with Gasteiger partial charge in [-0.05, 0) is 29.8 Å². The monoisotopic (exact) mass is 328 g/mol. The number of hydrogen-bond donors (Lipinski definition) is 0. The van der Waals surface area contributed by atoms with Crippen molar-refractivity contribution < 1.29 is 18.7 Å². The number of benzene rings is 1. The van der Waals surface area contributed by atoms with E-state index in [2.05, 4.69) is 20.3 Å². The molecule has 0 aliphatic carbocycles. The largest absolute Gasteiger partial charge is 0.493 e. The summed E-state index contributed by atoms with van der Waals surface area (Å²) >= 11 is 0. The summed E-state index contributed by atoms with van der Waals surface area (Å²) in [5.74, 6) is 2.52. The van der Waals surface area contributed by atoms with Gasteiger partial charge in [0, 0.05) is 6.20 Å². The van der Waals surface area contributed by atoms with Crippen LogP contribution in [0.3, 0.4) is 0 Å². The minimum Gasteiger partial charge on any atom is -0.493 e. The Morgan fingerprint density at radius 2 is 1.79 bits per heavy atom. The Hall–Kier alpha value is -3.16. The summed E-state index contributed by atoms with van der Waals surface area (Å²) in [5, 5.41) is 11.7. The van der Waals surface area contributed by atoms with Gasteiger partial charge in [0.05, 0.1) is 27.8 Å². The summed E-state index contributed by atoms with van der Waals surface area (Å²) < 4.78 is 21.3. The van der Waals surface area contributed by atoms with Crippen LogP contribution in [-0.4, -0.2) is 41.7 Å². The lowest BCUT2D eigenvalue weighted by molar-refractivity contribution is 0.323. The highest BCUT2D eigenvalue weighted by atomic mass is 16.5. The summed E-state index contributed by atoms with van der Waals surface area (Å²) in [7, 11) is 4.70. The van der Waals surface area contributed by atoms with E-state index in [-0.39, 0.29) is 0 Å². The molecule has 0 atom stereocenters. The lowest BCUT2D eigenvalue weighted by Crippen LogP contribution is -1.98. The maximum Gasteiger partial charge on any atom is 0.231 e. The quantitative estimate of drug-likeness (QED) is 0.679. The molecule has 2 aromatic heterocycles. The van der Waals surface area contributed by atoms with Gasteiger partial charge in [0.25, 0.3) is 0 Å². The molecule has 3 aromatic rings. The van der Waals surface area contributed by atoms with E-state index < -0.39 is 0 Å². The molecular weight excluding hydrogens is 312 g/mol. The third kappa shape index (κ3) is 3.12. The van der Waals surface area contributed by atoms with E-state index >= 15 is 0 Å². The summed E-state index contributed by atoms with van der Waals surface area (Å²) in [6.45, 7) is 0. The predicted molar refractivity (Wildman–Crippen MR) is 84.2 cm³/mol.